The van der Waals surface area contributed by atoms with E-state index in [-0.39, 0.29) is 24.0 Å². The molecule has 5 nitrogen and oxygen atoms in total. The number of benzene rings is 1. The Kier molecular flexibility index (Phi) is 10.8. The number of nitrogens with zero attached hydrogens (tertiary/aromatic N) is 3. The summed E-state index contributed by atoms with van der Waals surface area (Å²) in [4.78, 5) is 9.26. The number of guanidine groups is 1. The molecule has 1 aromatic heterocycles. The fourth-order valence-corrected chi connectivity index (χ4v) is 4.40. The van der Waals surface area contributed by atoms with Crippen LogP contribution in [0.2, 0.25) is 0 Å². The Morgan fingerprint density at radius 1 is 1.17 bits per heavy atom. The number of aliphatic imine (C=N–C) groups is 1. The van der Waals surface area contributed by atoms with Gasteiger partial charge in [-0.25, -0.2) is 0 Å². The molecule has 0 atom stereocenters. The summed E-state index contributed by atoms with van der Waals surface area (Å²) >= 11 is 1.83. The molecule has 1 aliphatic rings. The lowest BCUT2D eigenvalue weighted by molar-refractivity contribution is 0.322. The van der Waals surface area contributed by atoms with Crippen LogP contribution in [0.4, 0.5) is 5.00 Å². The summed E-state index contributed by atoms with van der Waals surface area (Å²) in [5.74, 6) is 0.931. The first-order valence-electron chi connectivity index (χ1n) is 10.2. The zero-order valence-corrected chi connectivity index (χ0v) is 20.7. The molecule has 2 N–H and O–H groups in total. The van der Waals surface area contributed by atoms with Crippen molar-refractivity contribution >= 4 is 46.3 Å². The molecule has 0 saturated carbocycles. The fourth-order valence-electron chi connectivity index (χ4n) is 3.61. The van der Waals surface area contributed by atoms with Crippen LogP contribution in [0.5, 0.6) is 0 Å². The van der Waals surface area contributed by atoms with E-state index in [0.29, 0.717) is 6.04 Å². The highest BCUT2D eigenvalue weighted by molar-refractivity contribution is 14.0. The molecule has 1 aliphatic heterocycles. The number of rotatable bonds is 8. The van der Waals surface area contributed by atoms with Crippen molar-refractivity contribution in [2.45, 2.75) is 31.8 Å². The van der Waals surface area contributed by atoms with Crippen molar-refractivity contribution in [3.63, 3.8) is 0 Å². The Labute approximate surface area is 196 Å². The van der Waals surface area contributed by atoms with Gasteiger partial charge in [-0.05, 0) is 55.9 Å². The predicted molar refractivity (Wildman–Crippen MR) is 137 cm³/mol. The van der Waals surface area contributed by atoms with Gasteiger partial charge in [0.15, 0.2) is 5.96 Å². The van der Waals surface area contributed by atoms with Crippen LogP contribution >= 0.6 is 35.3 Å². The molecule has 3 rings (SSSR count). The largest absolute Gasteiger partial charge is 0.363 e. The third kappa shape index (κ3) is 8.14. The summed E-state index contributed by atoms with van der Waals surface area (Å²) in [6.07, 6.45) is 3.40. The molecule has 0 spiro atoms. The van der Waals surface area contributed by atoms with Crippen LogP contribution in [0, 0.1) is 0 Å². The highest BCUT2D eigenvalue weighted by Gasteiger charge is 2.20. The van der Waals surface area contributed by atoms with Crippen molar-refractivity contribution in [2.75, 3.05) is 45.2 Å². The van der Waals surface area contributed by atoms with E-state index >= 15 is 0 Å². The second-order valence-electron chi connectivity index (χ2n) is 7.43. The van der Waals surface area contributed by atoms with Gasteiger partial charge < -0.3 is 20.4 Å². The smallest absolute Gasteiger partial charge is 0.191 e. The Hall–Kier alpha value is -1.32. The van der Waals surface area contributed by atoms with Crippen molar-refractivity contribution in [3.05, 3.63) is 53.4 Å². The van der Waals surface area contributed by atoms with Crippen LogP contribution in [0.3, 0.4) is 0 Å². The Balaban J connectivity index is 0.00000300. The highest BCUT2D eigenvalue weighted by Crippen LogP contribution is 2.24. The minimum absolute atomic E-state index is 0. The second kappa shape index (κ2) is 13.1. The van der Waals surface area contributed by atoms with Gasteiger partial charge in [-0.2, -0.15) is 0 Å². The Morgan fingerprint density at radius 3 is 2.59 bits per heavy atom. The van der Waals surface area contributed by atoms with Crippen LogP contribution in [-0.2, 0) is 6.54 Å². The van der Waals surface area contributed by atoms with Crippen molar-refractivity contribution in [1.29, 1.82) is 0 Å². The summed E-state index contributed by atoms with van der Waals surface area (Å²) in [5.41, 5.74) is 1.37. The standard InChI is InChI=1S/C22H33N5S.HI/c1-23-22(24-13-7-14-26(2)18-19-8-4-3-5-9-19)25-20-11-15-27(16-12-20)21-10-6-17-28-21;/h3-6,8-10,17,20H,7,11-16,18H2,1-2H3,(H2,23,24,25);1H. The highest BCUT2D eigenvalue weighted by atomic mass is 127. The third-order valence-electron chi connectivity index (χ3n) is 5.18. The molecule has 0 unspecified atom stereocenters. The molecule has 0 bridgehead atoms. The molecule has 7 heteroatoms. The minimum Gasteiger partial charge on any atom is -0.363 e. The number of hydrogen-bond acceptors (Lipinski definition) is 4. The van der Waals surface area contributed by atoms with E-state index < -0.39 is 0 Å². The van der Waals surface area contributed by atoms with Crippen LogP contribution < -0.4 is 15.5 Å². The summed E-state index contributed by atoms with van der Waals surface area (Å²) in [5, 5.41) is 10.6. The van der Waals surface area contributed by atoms with Crippen LogP contribution in [-0.4, -0.2) is 57.2 Å². The first kappa shape index (κ1) is 24.0. The molecular formula is C22H34IN5S. The van der Waals surface area contributed by atoms with Gasteiger partial charge >= 0.3 is 0 Å². The minimum atomic E-state index is 0. The van der Waals surface area contributed by atoms with Gasteiger partial charge in [0.1, 0.15) is 0 Å². The van der Waals surface area contributed by atoms with E-state index in [4.69, 9.17) is 0 Å². The quantitative estimate of drug-likeness (QED) is 0.236. The van der Waals surface area contributed by atoms with Gasteiger partial charge in [0, 0.05) is 39.3 Å². The maximum atomic E-state index is 4.40. The molecular weight excluding hydrogens is 493 g/mol. The van der Waals surface area contributed by atoms with Crippen LogP contribution in [0.15, 0.2) is 52.8 Å². The first-order chi connectivity index (χ1) is 13.7. The average Bonchev–Trinajstić information content (AvgIpc) is 3.26. The molecule has 160 valence electrons. The summed E-state index contributed by atoms with van der Waals surface area (Å²) in [6, 6.07) is 15.5. The second-order valence-corrected chi connectivity index (χ2v) is 8.36. The lowest BCUT2D eigenvalue weighted by atomic mass is 10.1. The van der Waals surface area contributed by atoms with E-state index in [1.54, 1.807) is 0 Å². The summed E-state index contributed by atoms with van der Waals surface area (Å²) < 4.78 is 0. The van der Waals surface area contributed by atoms with Crippen molar-refractivity contribution in [3.8, 4) is 0 Å². The van der Waals surface area contributed by atoms with Crippen molar-refractivity contribution in [1.82, 2.24) is 15.5 Å². The lowest BCUT2D eigenvalue weighted by Gasteiger charge is -2.33. The van der Waals surface area contributed by atoms with Gasteiger partial charge in [-0.15, -0.1) is 35.3 Å². The molecule has 0 aliphatic carbocycles. The molecule has 1 aromatic carbocycles. The van der Waals surface area contributed by atoms with Crippen molar-refractivity contribution < 1.29 is 0 Å². The molecule has 2 aromatic rings. The van der Waals surface area contributed by atoms with E-state index in [0.717, 1.165) is 57.9 Å². The van der Waals surface area contributed by atoms with Gasteiger partial charge in [0.25, 0.3) is 0 Å². The summed E-state index contributed by atoms with van der Waals surface area (Å²) in [7, 11) is 4.04. The lowest BCUT2D eigenvalue weighted by Crippen LogP contribution is -2.49. The number of thiophene rings is 1. The molecule has 1 saturated heterocycles. The Morgan fingerprint density at radius 2 is 1.93 bits per heavy atom. The number of hydrogen-bond donors (Lipinski definition) is 2. The first-order valence-corrected chi connectivity index (χ1v) is 11.1. The zero-order chi connectivity index (χ0) is 19.6. The van der Waals surface area contributed by atoms with E-state index in [2.05, 4.69) is 80.3 Å². The van der Waals surface area contributed by atoms with Crippen molar-refractivity contribution in [2.24, 2.45) is 4.99 Å². The fraction of sp³-hybridized carbons (Fsp3) is 0.500. The maximum absolute atomic E-state index is 4.40. The summed E-state index contributed by atoms with van der Waals surface area (Å²) in [6.45, 7) is 5.22. The number of piperidine rings is 1. The van der Waals surface area contributed by atoms with Gasteiger partial charge in [-0.1, -0.05) is 30.3 Å². The molecule has 0 radical (unpaired) electrons. The molecule has 29 heavy (non-hydrogen) atoms. The number of halogens is 1. The van der Waals surface area contributed by atoms with Crippen LogP contribution in [0.25, 0.3) is 0 Å². The normalized spacial score (nSPS) is 15.3. The topological polar surface area (TPSA) is 42.9 Å². The van der Waals surface area contributed by atoms with Gasteiger partial charge in [0.05, 0.1) is 5.00 Å². The molecule has 1 fully saturated rings. The SMILES string of the molecule is CN=C(NCCCN(C)Cc1ccccc1)NC1CCN(c2cccs2)CC1.I. The van der Waals surface area contributed by atoms with E-state index in [9.17, 15) is 0 Å². The van der Waals surface area contributed by atoms with Crippen LogP contribution in [0.1, 0.15) is 24.8 Å². The number of anilines is 1. The third-order valence-corrected chi connectivity index (χ3v) is 6.11. The van der Waals surface area contributed by atoms with E-state index in [1.165, 1.54) is 10.6 Å². The monoisotopic (exact) mass is 527 g/mol. The zero-order valence-electron chi connectivity index (χ0n) is 17.5. The van der Waals surface area contributed by atoms with Gasteiger partial charge in [0.2, 0.25) is 0 Å². The Bertz CT molecular complexity index is 699. The number of nitrogens with one attached hydrogen (secondary N) is 2. The van der Waals surface area contributed by atoms with E-state index in [1.807, 2.05) is 18.4 Å². The average molecular weight is 528 g/mol. The maximum Gasteiger partial charge on any atom is 0.191 e. The predicted octanol–water partition coefficient (Wildman–Crippen LogP) is 4.02. The van der Waals surface area contributed by atoms with Gasteiger partial charge in [-0.3, -0.25) is 4.99 Å². The molecule has 2 heterocycles. The molecule has 0 amide bonds.